The maximum absolute atomic E-state index is 13.2. The van der Waals surface area contributed by atoms with E-state index in [2.05, 4.69) is 65.0 Å². The molecule has 5 aromatic rings. The van der Waals surface area contributed by atoms with Gasteiger partial charge in [0.25, 0.3) is 5.91 Å². The Kier molecular flexibility index (Phi) is 13.8. The van der Waals surface area contributed by atoms with Crippen molar-refractivity contribution in [3.05, 3.63) is 119 Å². The summed E-state index contributed by atoms with van der Waals surface area (Å²) in [5.74, 6) is 1.34. The monoisotopic (exact) mass is 667 g/mol. The van der Waals surface area contributed by atoms with Gasteiger partial charge in [0, 0.05) is 59.1 Å². The number of rotatable bonds is 13. The van der Waals surface area contributed by atoms with Gasteiger partial charge in [0.2, 0.25) is 0 Å². The molecule has 3 aromatic carbocycles. The molecular weight excluding hydrogens is 623 g/mol. The van der Waals surface area contributed by atoms with E-state index in [1.54, 1.807) is 31.5 Å². The molecule has 9 heteroatoms. The number of aryl methyl sites for hydroxylation is 2. The van der Waals surface area contributed by atoms with Crippen molar-refractivity contribution in [2.45, 2.75) is 45.9 Å². The Bertz CT molecular complexity index is 1680. The van der Waals surface area contributed by atoms with Gasteiger partial charge < -0.3 is 15.4 Å². The number of benzene rings is 3. The van der Waals surface area contributed by atoms with Crippen molar-refractivity contribution in [3.8, 4) is 17.0 Å². The van der Waals surface area contributed by atoms with Crippen LogP contribution in [-0.4, -0.2) is 46.9 Å². The minimum Gasteiger partial charge on any atom is -0.497 e. The lowest BCUT2D eigenvalue weighted by Gasteiger charge is -2.23. The maximum atomic E-state index is 13.2. The molecule has 2 aromatic heterocycles. The minimum atomic E-state index is -0.0612. The lowest BCUT2D eigenvalue weighted by atomic mass is 10.0. The number of anilines is 2. The van der Waals surface area contributed by atoms with Gasteiger partial charge in [-0.1, -0.05) is 55.8 Å². The van der Waals surface area contributed by atoms with Crippen LogP contribution in [0.15, 0.2) is 102 Å². The highest BCUT2D eigenvalue weighted by Gasteiger charge is 2.16. The van der Waals surface area contributed by atoms with Gasteiger partial charge in [0.1, 0.15) is 5.75 Å². The second kappa shape index (κ2) is 18.2. The predicted molar refractivity (Wildman–Crippen MR) is 198 cm³/mol. The molecule has 47 heavy (non-hydrogen) atoms. The molecule has 0 saturated heterocycles. The van der Waals surface area contributed by atoms with Crippen LogP contribution < -0.4 is 15.4 Å². The summed E-state index contributed by atoms with van der Waals surface area (Å²) in [6.07, 6.45) is 4.41. The molecule has 0 fully saturated rings. The van der Waals surface area contributed by atoms with E-state index in [9.17, 15) is 4.79 Å². The molecule has 0 aliphatic heterocycles. The van der Waals surface area contributed by atoms with Gasteiger partial charge in [-0.2, -0.15) is 0 Å². The number of nitrogens with zero attached hydrogens (tertiary/aromatic N) is 3. The molecule has 246 valence electrons. The summed E-state index contributed by atoms with van der Waals surface area (Å²) < 4.78 is 7.64. The summed E-state index contributed by atoms with van der Waals surface area (Å²) in [7, 11) is 1.68. The van der Waals surface area contributed by atoms with Crippen molar-refractivity contribution in [2.75, 3.05) is 32.1 Å². The number of hydrogen-bond donors (Lipinski definition) is 2. The third-order valence-electron chi connectivity index (χ3n) is 7.28. The number of thiazole rings is 1. The zero-order chi connectivity index (χ0) is 33.6. The lowest BCUT2D eigenvalue weighted by Crippen LogP contribution is -2.29. The second-order valence-corrected chi connectivity index (χ2v) is 13.7. The van der Waals surface area contributed by atoms with Crippen molar-refractivity contribution in [3.63, 3.8) is 0 Å². The molecule has 0 radical (unpaired) electrons. The van der Waals surface area contributed by atoms with Crippen LogP contribution in [0.5, 0.6) is 5.75 Å². The molecule has 1 amide bonds. The Balaban J connectivity index is 0.000000632. The van der Waals surface area contributed by atoms with Crippen LogP contribution in [0, 0.1) is 26.7 Å². The van der Waals surface area contributed by atoms with Gasteiger partial charge in [-0.25, -0.2) is 9.29 Å². The average Bonchev–Trinajstić information content (AvgIpc) is 3.55. The quantitative estimate of drug-likeness (QED) is 0.0957. The largest absolute Gasteiger partial charge is 0.497 e. The fraction of sp³-hybridized carbons (Fsp3) is 0.289. The molecule has 0 unspecified atom stereocenters. The third kappa shape index (κ3) is 11.2. The molecule has 0 saturated carbocycles. The van der Waals surface area contributed by atoms with Crippen LogP contribution in [0.2, 0.25) is 0 Å². The Morgan fingerprint density at radius 3 is 2.38 bits per heavy atom. The van der Waals surface area contributed by atoms with E-state index in [0.717, 1.165) is 58.5 Å². The first kappa shape index (κ1) is 35.7. The number of aromatic nitrogens is 2. The summed E-state index contributed by atoms with van der Waals surface area (Å²) in [6, 6.07) is 26.2. The number of amides is 1. The van der Waals surface area contributed by atoms with Gasteiger partial charge in [-0.05, 0) is 98.6 Å². The smallest absolute Gasteiger partial charge is 0.251 e. The first-order valence-electron chi connectivity index (χ1n) is 15.8. The summed E-state index contributed by atoms with van der Waals surface area (Å²) in [5.41, 5.74) is 6.73. The van der Waals surface area contributed by atoms with E-state index >= 15 is 0 Å². The SMILES string of the molecule is COc1ccc(SN(CCCNC(=O)c2ccc(C)c(Nc3nc(-c4cccnc4)cs3)c2C)CC(C)C)cc1.Cc1ccccc1. The lowest BCUT2D eigenvalue weighted by molar-refractivity contribution is 0.0952. The third-order valence-corrected chi connectivity index (χ3v) is 9.11. The molecule has 5 rings (SSSR count). The molecule has 0 aliphatic carbocycles. The standard InChI is InChI=1S/C31H37N5O2S2.C7H8/c1-21(2)19-36(40-26-12-10-25(38-5)11-13-26)17-7-16-33-30(37)27-14-9-22(3)29(23(27)4)35-31-34-28(20-39-31)24-8-6-15-32-18-24;1-7-5-3-2-4-6-7/h6,8-15,18,20-21H,7,16-17,19H2,1-5H3,(H,33,37)(H,34,35);2-6H,1H3. The summed E-state index contributed by atoms with van der Waals surface area (Å²) in [6.45, 7) is 13.0. The van der Waals surface area contributed by atoms with Crippen LogP contribution in [0.4, 0.5) is 10.8 Å². The fourth-order valence-corrected chi connectivity index (χ4v) is 6.70. The van der Waals surface area contributed by atoms with Crippen molar-refractivity contribution >= 4 is 40.0 Å². The van der Waals surface area contributed by atoms with Crippen molar-refractivity contribution < 1.29 is 9.53 Å². The summed E-state index contributed by atoms with van der Waals surface area (Å²) >= 11 is 3.28. The first-order valence-corrected chi connectivity index (χ1v) is 17.5. The Hall–Kier alpha value is -4.18. The Morgan fingerprint density at radius 1 is 0.979 bits per heavy atom. The number of carbonyl (C=O) groups is 1. The summed E-state index contributed by atoms with van der Waals surface area (Å²) in [4.78, 5) is 23.2. The second-order valence-electron chi connectivity index (χ2n) is 11.6. The molecule has 7 nitrogen and oxygen atoms in total. The molecule has 2 heterocycles. The van der Waals surface area contributed by atoms with Crippen LogP contribution in [-0.2, 0) is 0 Å². The van der Waals surface area contributed by atoms with E-state index in [4.69, 9.17) is 9.72 Å². The Labute approximate surface area is 288 Å². The number of carbonyl (C=O) groups excluding carboxylic acids is 1. The zero-order valence-corrected chi connectivity index (χ0v) is 29.8. The summed E-state index contributed by atoms with van der Waals surface area (Å²) in [5, 5.41) is 9.36. The van der Waals surface area contributed by atoms with Crippen LogP contribution in [0.1, 0.15) is 47.3 Å². The highest BCUT2D eigenvalue weighted by Crippen LogP contribution is 2.31. The molecule has 0 bridgehead atoms. The van der Waals surface area contributed by atoms with Crippen molar-refractivity contribution in [1.82, 2.24) is 19.6 Å². The minimum absolute atomic E-state index is 0.0612. The van der Waals surface area contributed by atoms with E-state index < -0.39 is 0 Å². The number of methoxy groups -OCH3 is 1. The van der Waals surface area contributed by atoms with Gasteiger partial charge in [-0.3, -0.25) is 9.78 Å². The average molecular weight is 668 g/mol. The first-order chi connectivity index (χ1) is 22.7. The van der Waals surface area contributed by atoms with Crippen molar-refractivity contribution in [2.24, 2.45) is 5.92 Å². The number of hydrogen-bond acceptors (Lipinski definition) is 8. The fourth-order valence-electron chi connectivity index (χ4n) is 4.82. The number of nitrogens with one attached hydrogen (secondary N) is 2. The highest BCUT2D eigenvalue weighted by molar-refractivity contribution is 7.97. The Morgan fingerprint density at radius 2 is 1.74 bits per heavy atom. The maximum Gasteiger partial charge on any atom is 0.251 e. The normalized spacial score (nSPS) is 10.8. The van der Waals surface area contributed by atoms with Gasteiger partial charge >= 0.3 is 0 Å². The van der Waals surface area contributed by atoms with E-state index in [-0.39, 0.29) is 5.91 Å². The molecular formula is C38H45N5O2S2. The predicted octanol–water partition coefficient (Wildman–Crippen LogP) is 9.35. The topological polar surface area (TPSA) is 79.4 Å². The number of ether oxygens (including phenoxy) is 1. The van der Waals surface area contributed by atoms with E-state index in [1.165, 1.54) is 21.8 Å². The highest BCUT2D eigenvalue weighted by atomic mass is 32.2. The molecule has 0 atom stereocenters. The number of pyridine rings is 1. The zero-order valence-electron chi connectivity index (χ0n) is 28.1. The van der Waals surface area contributed by atoms with Crippen LogP contribution >= 0.6 is 23.3 Å². The molecule has 0 aliphatic rings. The van der Waals surface area contributed by atoms with Gasteiger partial charge in [-0.15, -0.1) is 11.3 Å². The van der Waals surface area contributed by atoms with Gasteiger partial charge in [0.15, 0.2) is 5.13 Å². The van der Waals surface area contributed by atoms with Crippen LogP contribution in [0.25, 0.3) is 11.3 Å². The van der Waals surface area contributed by atoms with Crippen LogP contribution in [0.3, 0.4) is 0 Å². The van der Waals surface area contributed by atoms with Crippen molar-refractivity contribution in [1.29, 1.82) is 0 Å². The van der Waals surface area contributed by atoms with Gasteiger partial charge in [0.05, 0.1) is 12.8 Å². The van der Waals surface area contributed by atoms with E-state index in [1.807, 2.05) is 73.8 Å². The molecule has 2 N–H and O–H groups in total. The van der Waals surface area contributed by atoms with E-state index in [0.29, 0.717) is 18.0 Å². The molecule has 0 spiro atoms.